The van der Waals surface area contributed by atoms with Gasteiger partial charge in [0.15, 0.2) is 5.78 Å². The van der Waals surface area contributed by atoms with Crippen LogP contribution in [-0.2, 0) is 16.0 Å². The number of carbonyl (C=O) groups is 2. The Labute approximate surface area is 142 Å². The molecule has 0 aromatic heterocycles. The molecule has 0 saturated heterocycles. The van der Waals surface area contributed by atoms with E-state index in [1.54, 1.807) is 18.0 Å². The van der Waals surface area contributed by atoms with Crippen LogP contribution in [0.4, 0.5) is 0 Å². The van der Waals surface area contributed by atoms with Crippen molar-refractivity contribution in [3.05, 3.63) is 59.2 Å². The summed E-state index contributed by atoms with van der Waals surface area (Å²) < 4.78 is 0. The molecule has 4 heteroatoms. The van der Waals surface area contributed by atoms with Crippen LogP contribution in [0.25, 0.3) is 0 Å². The van der Waals surface area contributed by atoms with E-state index in [1.807, 2.05) is 56.3 Å². The average molecular weight is 320 g/mol. The van der Waals surface area contributed by atoms with Gasteiger partial charge in [-0.2, -0.15) is 5.26 Å². The highest BCUT2D eigenvalue weighted by Gasteiger charge is 2.55. The Morgan fingerprint density at radius 1 is 1.21 bits per heavy atom. The molecule has 0 fully saturated rings. The van der Waals surface area contributed by atoms with Crippen LogP contribution in [0.3, 0.4) is 0 Å². The lowest BCUT2D eigenvalue weighted by molar-refractivity contribution is -0.138. The van der Waals surface area contributed by atoms with Crippen molar-refractivity contribution in [2.45, 2.75) is 20.3 Å². The van der Waals surface area contributed by atoms with Crippen LogP contribution < -0.4 is 0 Å². The van der Waals surface area contributed by atoms with Crippen LogP contribution in [0.1, 0.15) is 19.4 Å². The molecule has 122 valence electrons. The van der Waals surface area contributed by atoms with Crippen molar-refractivity contribution in [3.8, 4) is 6.07 Å². The highest BCUT2D eigenvalue weighted by molar-refractivity contribution is 6.09. The maximum Gasteiger partial charge on any atom is 0.237 e. The molecule has 1 atom stereocenters. The van der Waals surface area contributed by atoms with Crippen LogP contribution in [0.5, 0.6) is 0 Å². The molecule has 0 bridgehead atoms. The highest BCUT2D eigenvalue weighted by atomic mass is 16.2. The van der Waals surface area contributed by atoms with Gasteiger partial charge in [0.05, 0.1) is 16.4 Å². The Kier molecular flexibility index (Phi) is 3.68. The maximum atomic E-state index is 13.2. The van der Waals surface area contributed by atoms with E-state index in [2.05, 4.69) is 0 Å². The van der Waals surface area contributed by atoms with Crippen LogP contribution >= 0.6 is 0 Å². The first-order valence-corrected chi connectivity index (χ1v) is 8.01. The lowest BCUT2D eigenvalue weighted by atomic mass is 9.57. The third-order valence-electron chi connectivity index (χ3n) is 5.10. The number of likely N-dealkylation sites (N-methyl/N-ethyl adjacent to an activating group) is 1. The van der Waals surface area contributed by atoms with Crippen molar-refractivity contribution < 1.29 is 9.59 Å². The molecule has 1 aliphatic carbocycles. The zero-order valence-corrected chi connectivity index (χ0v) is 14.2. The van der Waals surface area contributed by atoms with Gasteiger partial charge in [0.2, 0.25) is 5.91 Å². The number of fused-ring (bicyclic) bond motifs is 1. The fraction of sp³-hybridized carbons (Fsp3) is 0.350. The van der Waals surface area contributed by atoms with E-state index in [9.17, 15) is 14.9 Å². The van der Waals surface area contributed by atoms with Gasteiger partial charge in [-0.05, 0) is 37.5 Å². The number of amides is 1. The predicted octanol–water partition coefficient (Wildman–Crippen LogP) is 2.67. The predicted molar refractivity (Wildman–Crippen MR) is 90.8 cm³/mol. The number of rotatable bonds is 2. The molecule has 0 unspecified atom stereocenters. The summed E-state index contributed by atoms with van der Waals surface area (Å²) in [4.78, 5) is 27.5. The second-order valence-corrected chi connectivity index (χ2v) is 7.06. The van der Waals surface area contributed by atoms with Crippen LogP contribution in [0.2, 0.25) is 0 Å². The molecule has 24 heavy (non-hydrogen) atoms. The number of allylic oxidation sites excluding steroid dienone is 1. The summed E-state index contributed by atoms with van der Waals surface area (Å²) in [7, 11) is 1.76. The van der Waals surface area contributed by atoms with E-state index in [0.717, 1.165) is 11.1 Å². The third kappa shape index (κ3) is 2.20. The second kappa shape index (κ2) is 5.45. The van der Waals surface area contributed by atoms with E-state index in [-0.39, 0.29) is 17.3 Å². The topological polar surface area (TPSA) is 61.2 Å². The number of hydrogen-bond acceptors (Lipinski definition) is 3. The van der Waals surface area contributed by atoms with E-state index in [1.165, 1.54) is 0 Å². The molecule has 1 aromatic carbocycles. The number of benzene rings is 1. The standard InChI is InChI=1S/C20H20N2O2/c1-19(2)16-9-10-22(3)18(24)20(16,12-15(13-21)17(19)23)11-14-7-5-4-6-8-14/h4-9,12H,10-11H2,1-3H3/t20-/m0/s1. The quantitative estimate of drug-likeness (QED) is 0.787. The van der Waals surface area contributed by atoms with Crippen molar-refractivity contribution in [1.82, 2.24) is 4.90 Å². The summed E-state index contributed by atoms with van der Waals surface area (Å²) in [5.41, 5.74) is 0.0796. The molecule has 0 spiro atoms. The Bertz CT molecular complexity index is 812. The largest absolute Gasteiger partial charge is 0.341 e. The van der Waals surface area contributed by atoms with Gasteiger partial charge in [0.25, 0.3) is 0 Å². The Morgan fingerprint density at radius 2 is 1.88 bits per heavy atom. The first kappa shape index (κ1) is 16.2. The minimum absolute atomic E-state index is 0.0582. The number of nitrogens with zero attached hydrogens (tertiary/aromatic N) is 2. The molecule has 0 N–H and O–H groups in total. The van der Waals surface area contributed by atoms with E-state index >= 15 is 0 Å². The molecule has 4 nitrogen and oxygen atoms in total. The highest BCUT2D eigenvalue weighted by Crippen LogP contribution is 2.51. The monoisotopic (exact) mass is 320 g/mol. The smallest absolute Gasteiger partial charge is 0.237 e. The maximum absolute atomic E-state index is 13.2. The van der Waals surface area contributed by atoms with Crippen LogP contribution in [0.15, 0.2) is 53.6 Å². The Morgan fingerprint density at radius 3 is 2.50 bits per heavy atom. The normalized spacial score (nSPS) is 25.5. The first-order chi connectivity index (χ1) is 11.3. The van der Waals surface area contributed by atoms with Gasteiger partial charge in [-0.1, -0.05) is 36.4 Å². The molecule has 1 amide bonds. The van der Waals surface area contributed by atoms with Gasteiger partial charge in [-0.25, -0.2) is 0 Å². The molecule has 0 saturated carbocycles. The summed E-state index contributed by atoms with van der Waals surface area (Å²) >= 11 is 0. The van der Waals surface area contributed by atoms with Gasteiger partial charge in [-0.3, -0.25) is 9.59 Å². The number of ketones is 1. The Balaban J connectivity index is 2.26. The molecule has 2 aliphatic rings. The van der Waals surface area contributed by atoms with E-state index in [0.29, 0.717) is 13.0 Å². The number of Topliss-reactive ketones (excluding diaryl/α,β-unsaturated/α-hetero) is 1. The van der Waals surface area contributed by atoms with Crippen molar-refractivity contribution in [3.63, 3.8) is 0 Å². The molecule has 1 aliphatic heterocycles. The van der Waals surface area contributed by atoms with Gasteiger partial charge >= 0.3 is 0 Å². The number of nitriles is 1. The zero-order chi connectivity index (χ0) is 17.5. The van der Waals surface area contributed by atoms with Crippen molar-refractivity contribution in [1.29, 1.82) is 5.26 Å². The van der Waals surface area contributed by atoms with Gasteiger partial charge < -0.3 is 4.90 Å². The molecular formula is C20H20N2O2. The van der Waals surface area contributed by atoms with Crippen LogP contribution in [-0.4, -0.2) is 30.2 Å². The van der Waals surface area contributed by atoms with Gasteiger partial charge in [-0.15, -0.1) is 0 Å². The molecule has 0 radical (unpaired) electrons. The zero-order valence-electron chi connectivity index (χ0n) is 14.2. The number of hydrogen-bond donors (Lipinski definition) is 0. The van der Waals surface area contributed by atoms with Gasteiger partial charge in [0, 0.05) is 13.6 Å². The van der Waals surface area contributed by atoms with E-state index < -0.39 is 10.8 Å². The SMILES string of the molecule is CN1CC=C2C(C)(C)C(=O)C(C#N)=C[C@]2(Cc2ccccc2)C1=O. The summed E-state index contributed by atoms with van der Waals surface area (Å²) in [5, 5.41) is 9.43. The summed E-state index contributed by atoms with van der Waals surface area (Å²) in [6.07, 6.45) is 4.02. The molecule has 1 heterocycles. The second-order valence-electron chi connectivity index (χ2n) is 7.06. The molecule has 3 rings (SSSR count). The fourth-order valence-electron chi connectivity index (χ4n) is 3.90. The van der Waals surface area contributed by atoms with E-state index in [4.69, 9.17) is 0 Å². The first-order valence-electron chi connectivity index (χ1n) is 8.01. The van der Waals surface area contributed by atoms with Crippen molar-refractivity contribution in [2.75, 3.05) is 13.6 Å². The van der Waals surface area contributed by atoms with Gasteiger partial charge in [0.1, 0.15) is 6.07 Å². The van der Waals surface area contributed by atoms with Crippen LogP contribution in [0, 0.1) is 22.2 Å². The van der Waals surface area contributed by atoms with Crippen molar-refractivity contribution in [2.24, 2.45) is 10.8 Å². The molecule has 1 aromatic rings. The summed E-state index contributed by atoms with van der Waals surface area (Å²) in [5.74, 6) is -0.269. The summed E-state index contributed by atoms with van der Waals surface area (Å²) in [6.45, 7) is 4.10. The fourth-order valence-corrected chi connectivity index (χ4v) is 3.90. The minimum atomic E-state index is -0.961. The third-order valence-corrected chi connectivity index (χ3v) is 5.10. The van der Waals surface area contributed by atoms with Crippen molar-refractivity contribution >= 4 is 11.7 Å². The Hall–Kier alpha value is -2.67. The summed E-state index contributed by atoms with van der Waals surface area (Å²) in [6, 6.07) is 11.7. The number of carbonyl (C=O) groups excluding carboxylic acids is 2. The lowest BCUT2D eigenvalue weighted by Crippen LogP contribution is -2.54. The minimum Gasteiger partial charge on any atom is -0.341 e. The molecular weight excluding hydrogens is 300 g/mol. The average Bonchev–Trinajstić information content (AvgIpc) is 2.56. The lowest BCUT2D eigenvalue weighted by Gasteiger charge is -2.47.